The van der Waals surface area contributed by atoms with Crippen LogP contribution in [0.15, 0.2) is 47.6 Å². The molecule has 0 unspecified atom stereocenters. The molecule has 0 aromatic heterocycles. The van der Waals surface area contributed by atoms with Crippen LogP contribution in [0.4, 0.5) is 0 Å². The predicted octanol–water partition coefficient (Wildman–Crippen LogP) is 4.13. The fourth-order valence-electron chi connectivity index (χ4n) is 2.19. The van der Waals surface area contributed by atoms with Crippen LogP contribution in [0.25, 0.3) is 0 Å². The van der Waals surface area contributed by atoms with E-state index in [1.165, 1.54) is 11.8 Å². The molecule has 0 bridgehead atoms. The summed E-state index contributed by atoms with van der Waals surface area (Å²) in [7, 11) is 3.16. The van der Waals surface area contributed by atoms with Gasteiger partial charge in [-0.1, -0.05) is 23.7 Å². The number of hydrogen-bond acceptors (Lipinski definition) is 5. The number of hydrazone groups is 1. The minimum Gasteiger partial charge on any atom is -0.493 e. The van der Waals surface area contributed by atoms with Crippen molar-refractivity contribution >= 4 is 35.0 Å². The number of nitrogens with one attached hydrogen (secondary N) is 1. The van der Waals surface area contributed by atoms with E-state index in [1.54, 1.807) is 20.3 Å². The smallest absolute Gasteiger partial charge is 0.250 e. The quantitative estimate of drug-likeness (QED) is 0.542. The summed E-state index contributed by atoms with van der Waals surface area (Å²) in [6.07, 6.45) is 0. The Morgan fingerprint density at radius 1 is 1.15 bits per heavy atom. The summed E-state index contributed by atoms with van der Waals surface area (Å²) < 4.78 is 10.5. The van der Waals surface area contributed by atoms with Crippen molar-refractivity contribution in [3.8, 4) is 11.5 Å². The van der Waals surface area contributed by atoms with Crippen molar-refractivity contribution in [2.75, 3.05) is 20.0 Å². The minimum absolute atomic E-state index is 0.156. The fourth-order valence-corrected chi connectivity index (χ4v) is 3.17. The molecular weight excluding hydrogens is 372 g/mol. The summed E-state index contributed by atoms with van der Waals surface area (Å²) >= 11 is 7.45. The summed E-state index contributed by atoms with van der Waals surface area (Å²) in [5, 5.41) is 4.85. The zero-order chi connectivity index (χ0) is 18.9. The minimum atomic E-state index is -0.156. The van der Waals surface area contributed by atoms with Gasteiger partial charge < -0.3 is 9.47 Å². The van der Waals surface area contributed by atoms with Crippen LogP contribution in [0.5, 0.6) is 11.5 Å². The second kappa shape index (κ2) is 10.1. The van der Waals surface area contributed by atoms with E-state index in [9.17, 15) is 4.79 Å². The highest BCUT2D eigenvalue weighted by atomic mass is 35.5. The number of carbonyl (C=O) groups is 1. The van der Waals surface area contributed by atoms with Gasteiger partial charge in [-0.3, -0.25) is 4.79 Å². The van der Waals surface area contributed by atoms with Crippen LogP contribution in [0.3, 0.4) is 0 Å². The Morgan fingerprint density at radius 2 is 1.92 bits per heavy atom. The number of hydrogen-bond donors (Lipinski definition) is 1. The number of thioether (sulfide) groups is 1. The lowest BCUT2D eigenvalue weighted by Crippen LogP contribution is -2.21. The van der Waals surface area contributed by atoms with Crippen LogP contribution < -0.4 is 14.9 Å². The van der Waals surface area contributed by atoms with Gasteiger partial charge in [0.1, 0.15) is 0 Å². The first kappa shape index (κ1) is 20.1. The van der Waals surface area contributed by atoms with Gasteiger partial charge in [0, 0.05) is 16.3 Å². The maximum absolute atomic E-state index is 11.9. The van der Waals surface area contributed by atoms with Gasteiger partial charge in [0.2, 0.25) is 5.91 Å². The first-order chi connectivity index (χ1) is 12.5. The Morgan fingerprint density at radius 3 is 2.62 bits per heavy atom. The van der Waals surface area contributed by atoms with Crippen molar-refractivity contribution in [3.05, 3.63) is 58.6 Å². The number of rotatable bonds is 8. The van der Waals surface area contributed by atoms with Gasteiger partial charge in [-0.05, 0) is 42.8 Å². The van der Waals surface area contributed by atoms with Gasteiger partial charge >= 0.3 is 0 Å². The van der Waals surface area contributed by atoms with E-state index in [-0.39, 0.29) is 5.91 Å². The average molecular weight is 393 g/mol. The molecule has 2 aromatic rings. The molecule has 2 aromatic carbocycles. The molecule has 1 N–H and O–H groups in total. The number of nitrogens with zero attached hydrogens (tertiary/aromatic N) is 1. The predicted molar refractivity (Wildman–Crippen MR) is 108 cm³/mol. The van der Waals surface area contributed by atoms with E-state index >= 15 is 0 Å². The number of carbonyl (C=O) groups excluding carboxylic acids is 1. The first-order valence-corrected chi connectivity index (χ1v) is 9.44. The molecule has 26 heavy (non-hydrogen) atoms. The number of ether oxygens (including phenoxy) is 2. The van der Waals surface area contributed by atoms with E-state index in [4.69, 9.17) is 21.1 Å². The Balaban J connectivity index is 1.86. The summed E-state index contributed by atoms with van der Waals surface area (Å²) in [5.74, 6) is 2.13. The molecule has 0 aliphatic rings. The van der Waals surface area contributed by atoms with Gasteiger partial charge in [0.15, 0.2) is 11.5 Å². The van der Waals surface area contributed by atoms with Crippen LogP contribution in [0.1, 0.15) is 18.1 Å². The van der Waals surface area contributed by atoms with Crippen molar-refractivity contribution < 1.29 is 14.3 Å². The Labute approximate surface area is 162 Å². The number of methoxy groups -OCH3 is 2. The van der Waals surface area contributed by atoms with Crippen LogP contribution in [-0.4, -0.2) is 31.6 Å². The monoisotopic (exact) mass is 392 g/mol. The van der Waals surface area contributed by atoms with Crippen molar-refractivity contribution in [3.63, 3.8) is 0 Å². The molecule has 5 nitrogen and oxygen atoms in total. The molecule has 1 amide bonds. The Kier molecular flexibility index (Phi) is 7.81. The Bertz CT molecular complexity index is 796. The largest absolute Gasteiger partial charge is 0.493 e. The molecule has 0 spiro atoms. The molecule has 0 fully saturated rings. The molecule has 0 aliphatic carbocycles. The zero-order valence-corrected chi connectivity index (χ0v) is 16.5. The second-order valence-corrected chi connectivity index (χ2v) is 6.85. The lowest BCUT2D eigenvalue weighted by molar-refractivity contribution is -0.118. The number of benzene rings is 2. The van der Waals surface area contributed by atoms with Crippen LogP contribution in [-0.2, 0) is 10.5 Å². The molecule has 0 atom stereocenters. The van der Waals surface area contributed by atoms with Crippen molar-refractivity contribution in [1.29, 1.82) is 0 Å². The van der Waals surface area contributed by atoms with Gasteiger partial charge in [0.25, 0.3) is 0 Å². The maximum atomic E-state index is 11.9. The average Bonchev–Trinajstić information content (AvgIpc) is 2.65. The molecular formula is C19H21ClN2O3S. The summed E-state index contributed by atoms with van der Waals surface area (Å²) in [6, 6.07) is 13.1. The van der Waals surface area contributed by atoms with Gasteiger partial charge in [-0.2, -0.15) is 5.10 Å². The molecule has 2 rings (SSSR count). The molecule has 0 heterocycles. The lowest BCUT2D eigenvalue weighted by atomic mass is 10.1. The Hall–Kier alpha value is -2.18. The maximum Gasteiger partial charge on any atom is 0.250 e. The first-order valence-electron chi connectivity index (χ1n) is 7.91. The highest BCUT2D eigenvalue weighted by Gasteiger charge is 2.07. The highest BCUT2D eigenvalue weighted by Crippen LogP contribution is 2.27. The lowest BCUT2D eigenvalue weighted by Gasteiger charge is -2.09. The summed E-state index contributed by atoms with van der Waals surface area (Å²) in [5.41, 5.74) is 5.18. The van der Waals surface area contributed by atoms with Crippen LogP contribution >= 0.6 is 23.4 Å². The fraction of sp³-hybridized carbons (Fsp3) is 0.263. The van der Waals surface area contributed by atoms with Crippen molar-refractivity contribution in [2.24, 2.45) is 5.10 Å². The highest BCUT2D eigenvalue weighted by molar-refractivity contribution is 7.99. The van der Waals surface area contributed by atoms with Crippen LogP contribution in [0.2, 0.25) is 5.02 Å². The van der Waals surface area contributed by atoms with Crippen LogP contribution in [0, 0.1) is 0 Å². The van der Waals surface area contributed by atoms with Crippen molar-refractivity contribution in [1.82, 2.24) is 5.43 Å². The third kappa shape index (κ3) is 5.97. The molecule has 0 aliphatic heterocycles. The topological polar surface area (TPSA) is 59.9 Å². The third-order valence-electron chi connectivity index (χ3n) is 3.54. The number of halogens is 1. The van der Waals surface area contributed by atoms with E-state index in [0.29, 0.717) is 33.7 Å². The van der Waals surface area contributed by atoms with E-state index < -0.39 is 0 Å². The third-order valence-corrected chi connectivity index (χ3v) is 4.78. The summed E-state index contributed by atoms with van der Waals surface area (Å²) in [6.45, 7) is 1.82. The van der Waals surface area contributed by atoms with Gasteiger partial charge in [-0.15, -0.1) is 11.8 Å². The van der Waals surface area contributed by atoms with Gasteiger partial charge in [0.05, 0.1) is 25.7 Å². The van der Waals surface area contributed by atoms with Crippen molar-refractivity contribution in [2.45, 2.75) is 12.7 Å². The molecule has 0 radical (unpaired) electrons. The molecule has 0 saturated heterocycles. The van der Waals surface area contributed by atoms with Gasteiger partial charge in [-0.25, -0.2) is 5.43 Å². The standard InChI is InChI=1S/C19H21ClN2O3S/c1-13(15-7-8-17(24-2)18(10-15)25-3)21-22-19(23)12-26-11-14-5-4-6-16(20)9-14/h4-10H,11-12H2,1-3H3,(H,22,23)/b21-13-. The van der Waals surface area contributed by atoms with E-state index in [2.05, 4.69) is 10.5 Å². The normalized spacial score (nSPS) is 11.2. The summed E-state index contributed by atoms with van der Waals surface area (Å²) in [4.78, 5) is 11.9. The second-order valence-electron chi connectivity index (χ2n) is 5.42. The molecule has 138 valence electrons. The van der Waals surface area contributed by atoms with E-state index in [0.717, 1.165) is 11.1 Å². The SMILES string of the molecule is COc1ccc(/C(C)=N\NC(=O)CSCc2cccc(Cl)c2)cc1OC. The number of amides is 1. The molecule has 0 saturated carbocycles. The molecule has 7 heteroatoms. The zero-order valence-electron chi connectivity index (χ0n) is 14.9. The van der Waals surface area contributed by atoms with E-state index in [1.807, 2.05) is 43.3 Å².